The van der Waals surface area contributed by atoms with E-state index in [4.69, 9.17) is 10.3 Å². The molecule has 21 heavy (non-hydrogen) atoms. The second-order valence-electron chi connectivity index (χ2n) is 4.34. The minimum atomic E-state index is -0.433. The Hall–Kier alpha value is -2.29. The SMILES string of the molecule is Cc1nnc(SCC(=O)N[C@H](C)c2ccco2)n(N)c1=O. The number of hydrogen-bond acceptors (Lipinski definition) is 7. The smallest absolute Gasteiger partial charge is 0.294 e. The summed E-state index contributed by atoms with van der Waals surface area (Å²) in [5, 5.41) is 10.4. The molecule has 9 heteroatoms. The fourth-order valence-electron chi connectivity index (χ4n) is 1.59. The molecule has 0 aliphatic carbocycles. The number of rotatable bonds is 5. The molecular formula is C12H15N5O3S. The first kappa shape index (κ1) is 15.1. The third-order valence-electron chi connectivity index (χ3n) is 2.70. The Labute approximate surface area is 124 Å². The van der Waals surface area contributed by atoms with Crippen molar-refractivity contribution in [1.29, 1.82) is 0 Å². The van der Waals surface area contributed by atoms with Crippen LogP contribution in [0.5, 0.6) is 0 Å². The Bertz CT molecular complexity index is 683. The number of nitrogen functional groups attached to an aromatic ring is 1. The highest BCUT2D eigenvalue weighted by molar-refractivity contribution is 7.99. The lowest BCUT2D eigenvalue weighted by Gasteiger charge is -2.11. The van der Waals surface area contributed by atoms with Crippen molar-refractivity contribution in [1.82, 2.24) is 20.2 Å². The van der Waals surface area contributed by atoms with Gasteiger partial charge in [-0.1, -0.05) is 11.8 Å². The van der Waals surface area contributed by atoms with Crippen molar-refractivity contribution in [3.05, 3.63) is 40.2 Å². The first-order valence-electron chi connectivity index (χ1n) is 6.16. The van der Waals surface area contributed by atoms with Crippen LogP contribution in [0.15, 0.2) is 32.8 Å². The zero-order chi connectivity index (χ0) is 15.4. The molecule has 0 unspecified atom stereocenters. The number of aryl methyl sites for hydroxylation is 1. The number of nitrogens with two attached hydrogens (primary N) is 1. The van der Waals surface area contributed by atoms with Crippen molar-refractivity contribution in [2.24, 2.45) is 0 Å². The largest absolute Gasteiger partial charge is 0.467 e. The van der Waals surface area contributed by atoms with E-state index in [1.165, 1.54) is 6.92 Å². The molecule has 3 N–H and O–H groups in total. The van der Waals surface area contributed by atoms with Crippen molar-refractivity contribution in [3.63, 3.8) is 0 Å². The lowest BCUT2D eigenvalue weighted by molar-refractivity contribution is -0.119. The van der Waals surface area contributed by atoms with Crippen molar-refractivity contribution in [2.45, 2.75) is 25.0 Å². The van der Waals surface area contributed by atoms with E-state index in [9.17, 15) is 9.59 Å². The maximum Gasteiger partial charge on any atom is 0.294 e. The molecule has 2 aromatic rings. The molecule has 8 nitrogen and oxygen atoms in total. The van der Waals surface area contributed by atoms with Gasteiger partial charge in [0.1, 0.15) is 11.5 Å². The Balaban J connectivity index is 1.93. The van der Waals surface area contributed by atoms with Crippen LogP contribution in [0.25, 0.3) is 0 Å². The fraction of sp³-hybridized carbons (Fsp3) is 0.333. The summed E-state index contributed by atoms with van der Waals surface area (Å²) < 4.78 is 6.08. The molecule has 0 aliphatic rings. The summed E-state index contributed by atoms with van der Waals surface area (Å²) in [4.78, 5) is 23.4. The van der Waals surface area contributed by atoms with E-state index < -0.39 is 5.56 Å². The molecule has 0 saturated heterocycles. The van der Waals surface area contributed by atoms with Crippen LogP contribution >= 0.6 is 11.8 Å². The maximum absolute atomic E-state index is 11.8. The molecule has 0 bridgehead atoms. The van der Waals surface area contributed by atoms with Crippen molar-refractivity contribution in [3.8, 4) is 0 Å². The van der Waals surface area contributed by atoms with E-state index in [1.54, 1.807) is 18.4 Å². The van der Waals surface area contributed by atoms with Gasteiger partial charge in [-0.3, -0.25) is 9.59 Å². The summed E-state index contributed by atoms with van der Waals surface area (Å²) in [5.74, 6) is 6.09. The molecule has 0 radical (unpaired) electrons. The third kappa shape index (κ3) is 3.63. The molecule has 2 heterocycles. The quantitative estimate of drug-likeness (QED) is 0.599. The number of nitrogens with one attached hydrogen (secondary N) is 1. The lowest BCUT2D eigenvalue weighted by atomic mass is 10.2. The summed E-state index contributed by atoms with van der Waals surface area (Å²) in [7, 11) is 0. The van der Waals surface area contributed by atoms with Crippen LogP contribution in [-0.4, -0.2) is 26.5 Å². The fourth-order valence-corrected chi connectivity index (χ4v) is 2.25. The van der Waals surface area contributed by atoms with Gasteiger partial charge in [-0.25, -0.2) is 0 Å². The second-order valence-corrected chi connectivity index (χ2v) is 5.28. The van der Waals surface area contributed by atoms with Crippen molar-refractivity contribution >= 4 is 17.7 Å². The Morgan fingerprint density at radius 2 is 2.33 bits per heavy atom. The van der Waals surface area contributed by atoms with E-state index in [-0.39, 0.29) is 28.6 Å². The first-order valence-corrected chi connectivity index (χ1v) is 7.14. The maximum atomic E-state index is 11.8. The van der Waals surface area contributed by atoms with Crippen LogP contribution in [-0.2, 0) is 4.79 Å². The van der Waals surface area contributed by atoms with E-state index in [2.05, 4.69) is 15.5 Å². The number of carbonyl (C=O) groups excluding carboxylic acids is 1. The van der Waals surface area contributed by atoms with Gasteiger partial charge in [-0.05, 0) is 26.0 Å². The summed E-state index contributed by atoms with van der Waals surface area (Å²) in [6, 6.07) is 3.29. The highest BCUT2D eigenvalue weighted by Gasteiger charge is 2.14. The monoisotopic (exact) mass is 309 g/mol. The highest BCUT2D eigenvalue weighted by Crippen LogP contribution is 2.14. The van der Waals surface area contributed by atoms with Crippen molar-refractivity contribution < 1.29 is 9.21 Å². The molecule has 1 atom stereocenters. The summed E-state index contributed by atoms with van der Waals surface area (Å²) in [6.45, 7) is 3.33. The van der Waals surface area contributed by atoms with Gasteiger partial charge in [0, 0.05) is 0 Å². The van der Waals surface area contributed by atoms with Gasteiger partial charge in [0.2, 0.25) is 11.1 Å². The minimum Gasteiger partial charge on any atom is -0.467 e. The van der Waals surface area contributed by atoms with Crippen LogP contribution in [0.3, 0.4) is 0 Å². The van der Waals surface area contributed by atoms with Gasteiger partial charge in [-0.2, -0.15) is 4.68 Å². The number of amides is 1. The second kappa shape index (κ2) is 6.44. The van der Waals surface area contributed by atoms with Gasteiger partial charge in [0.05, 0.1) is 18.1 Å². The standard InChI is InChI=1S/C12H15N5O3S/c1-7(9-4-3-5-20-9)14-10(18)6-21-12-16-15-8(2)11(19)17(12)13/h3-5,7H,6,13H2,1-2H3,(H,14,18)/t7-/m1/s1. The number of furan rings is 1. The van der Waals surface area contributed by atoms with E-state index in [0.717, 1.165) is 16.4 Å². The number of carbonyl (C=O) groups is 1. The van der Waals surface area contributed by atoms with Crippen LogP contribution in [0.4, 0.5) is 0 Å². The molecule has 1 amide bonds. The van der Waals surface area contributed by atoms with Crippen LogP contribution in [0.1, 0.15) is 24.4 Å². The zero-order valence-electron chi connectivity index (χ0n) is 11.6. The summed E-state index contributed by atoms with van der Waals surface area (Å²) >= 11 is 1.04. The molecule has 0 aliphatic heterocycles. The van der Waals surface area contributed by atoms with Gasteiger partial charge in [-0.15, -0.1) is 10.2 Å². The number of hydrogen-bond donors (Lipinski definition) is 2. The van der Waals surface area contributed by atoms with Crippen LogP contribution in [0, 0.1) is 6.92 Å². The number of thioether (sulfide) groups is 1. The molecular weight excluding hydrogens is 294 g/mol. The lowest BCUT2D eigenvalue weighted by Crippen LogP contribution is -2.33. The summed E-state index contributed by atoms with van der Waals surface area (Å²) in [5.41, 5.74) is -0.227. The average Bonchev–Trinajstić information content (AvgIpc) is 2.98. The molecule has 0 saturated carbocycles. The molecule has 0 aromatic carbocycles. The molecule has 0 spiro atoms. The third-order valence-corrected chi connectivity index (χ3v) is 3.64. The molecule has 2 aromatic heterocycles. The van der Waals surface area contributed by atoms with Gasteiger partial charge < -0.3 is 15.6 Å². The predicted molar refractivity (Wildman–Crippen MR) is 77.2 cm³/mol. The first-order chi connectivity index (χ1) is 9.99. The number of nitrogens with zero attached hydrogens (tertiary/aromatic N) is 3. The Kier molecular flexibility index (Phi) is 4.63. The normalized spacial score (nSPS) is 12.1. The zero-order valence-corrected chi connectivity index (χ0v) is 12.4. The highest BCUT2D eigenvalue weighted by atomic mass is 32.2. The average molecular weight is 309 g/mol. The van der Waals surface area contributed by atoms with Crippen LogP contribution in [0.2, 0.25) is 0 Å². The topological polar surface area (TPSA) is 116 Å². The molecule has 0 fully saturated rings. The van der Waals surface area contributed by atoms with Gasteiger partial charge in [0.15, 0.2) is 0 Å². The Morgan fingerprint density at radius 3 is 3.00 bits per heavy atom. The van der Waals surface area contributed by atoms with E-state index >= 15 is 0 Å². The molecule has 112 valence electrons. The van der Waals surface area contributed by atoms with E-state index in [1.807, 2.05) is 6.92 Å². The van der Waals surface area contributed by atoms with E-state index in [0.29, 0.717) is 5.76 Å². The number of aromatic nitrogens is 3. The Morgan fingerprint density at radius 1 is 1.57 bits per heavy atom. The predicted octanol–water partition coefficient (Wildman–Crippen LogP) is 0.223. The van der Waals surface area contributed by atoms with Crippen LogP contribution < -0.4 is 16.7 Å². The van der Waals surface area contributed by atoms with Gasteiger partial charge in [0.25, 0.3) is 5.56 Å². The van der Waals surface area contributed by atoms with Gasteiger partial charge >= 0.3 is 0 Å². The summed E-state index contributed by atoms with van der Waals surface area (Å²) in [6.07, 6.45) is 1.54. The van der Waals surface area contributed by atoms with Crippen molar-refractivity contribution in [2.75, 3.05) is 11.6 Å². The molecule has 2 rings (SSSR count). The minimum absolute atomic E-state index is 0.0689.